The Morgan fingerprint density at radius 1 is 1.26 bits per heavy atom. The zero-order valence-electron chi connectivity index (χ0n) is 14.4. The van der Waals surface area contributed by atoms with Gasteiger partial charge in [-0.1, -0.05) is 0 Å². The molecule has 1 amide bonds. The van der Waals surface area contributed by atoms with E-state index in [-0.39, 0.29) is 23.0 Å². The third-order valence-electron chi connectivity index (χ3n) is 4.00. The number of benzene rings is 2. The maximum Gasteiger partial charge on any atom is 0.335 e. The summed E-state index contributed by atoms with van der Waals surface area (Å²) in [6.45, 7) is 1.71. The van der Waals surface area contributed by atoms with E-state index in [1.165, 1.54) is 36.4 Å². The molecule has 2 N–H and O–H groups in total. The molecular weight excluding hydrogens is 416 g/mol. The lowest BCUT2D eigenvalue weighted by Gasteiger charge is -2.12. The molecule has 0 aliphatic carbocycles. The summed E-state index contributed by atoms with van der Waals surface area (Å²) in [5.41, 5.74) is 2.15. The summed E-state index contributed by atoms with van der Waals surface area (Å²) in [7, 11) is 1.44. The number of phenolic OH excluding ortho intramolecular Hbond substituents is 1. The number of halogens is 1. The minimum absolute atomic E-state index is 0.0251. The van der Waals surface area contributed by atoms with E-state index in [0.717, 1.165) is 0 Å². The number of phenols is 1. The number of hydrogen-bond donors (Lipinski definition) is 2. The van der Waals surface area contributed by atoms with E-state index in [1.54, 1.807) is 25.1 Å². The average Bonchev–Trinajstić information content (AvgIpc) is 2.92. The zero-order chi connectivity index (χ0) is 19.7. The van der Waals surface area contributed by atoms with Gasteiger partial charge >= 0.3 is 5.97 Å². The van der Waals surface area contributed by atoms with Crippen molar-refractivity contribution in [1.82, 2.24) is 0 Å². The van der Waals surface area contributed by atoms with E-state index in [0.29, 0.717) is 27.0 Å². The van der Waals surface area contributed by atoms with E-state index in [2.05, 4.69) is 21.0 Å². The van der Waals surface area contributed by atoms with Crippen LogP contribution >= 0.6 is 15.9 Å². The van der Waals surface area contributed by atoms with Crippen molar-refractivity contribution < 1.29 is 24.5 Å². The van der Waals surface area contributed by atoms with Crippen LogP contribution in [-0.4, -0.2) is 34.9 Å². The van der Waals surface area contributed by atoms with Crippen LogP contribution in [-0.2, 0) is 4.79 Å². The maximum atomic E-state index is 12.8. The van der Waals surface area contributed by atoms with Gasteiger partial charge in [-0.25, -0.2) is 4.79 Å². The predicted octanol–water partition coefficient (Wildman–Crippen LogP) is 3.67. The van der Waals surface area contributed by atoms with Crippen LogP contribution in [0, 0.1) is 0 Å². The minimum atomic E-state index is -1.04. The van der Waals surface area contributed by atoms with Crippen LogP contribution in [0.3, 0.4) is 0 Å². The molecule has 0 saturated heterocycles. The van der Waals surface area contributed by atoms with Gasteiger partial charge in [-0.2, -0.15) is 10.1 Å². The number of methoxy groups -OCH3 is 1. The van der Waals surface area contributed by atoms with Crippen LogP contribution in [0.1, 0.15) is 22.8 Å². The van der Waals surface area contributed by atoms with Crippen molar-refractivity contribution in [2.24, 2.45) is 5.10 Å². The van der Waals surface area contributed by atoms with Gasteiger partial charge in [0, 0.05) is 0 Å². The molecule has 1 aliphatic heterocycles. The Balaban J connectivity index is 1.94. The number of rotatable bonds is 4. The molecule has 1 heterocycles. The highest BCUT2D eigenvalue weighted by Crippen LogP contribution is 2.36. The topological polar surface area (TPSA) is 99.4 Å². The molecule has 0 bridgehead atoms. The lowest BCUT2D eigenvalue weighted by Crippen LogP contribution is -2.21. The average molecular weight is 431 g/mol. The summed E-state index contributed by atoms with van der Waals surface area (Å²) >= 11 is 3.25. The van der Waals surface area contributed by atoms with Crippen LogP contribution in [0.2, 0.25) is 0 Å². The van der Waals surface area contributed by atoms with Crippen molar-refractivity contribution >= 4 is 45.3 Å². The molecule has 27 heavy (non-hydrogen) atoms. The highest BCUT2D eigenvalue weighted by atomic mass is 79.9. The zero-order valence-corrected chi connectivity index (χ0v) is 16.0. The van der Waals surface area contributed by atoms with Crippen molar-refractivity contribution in [3.63, 3.8) is 0 Å². The van der Waals surface area contributed by atoms with Gasteiger partial charge in [0.25, 0.3) is 5.91 Å². The first-order valence-electron chi connectivity index (χ1n) is 7.83. The first kappa shape index (κ1) is 18.7. The van der Waals surface area contributed by atoms with Gasteiger partial charge in [-0.15, -0.1) is 0 Å². The molecular formula is C19H15BrN2O5. The molecule has 2 aromatic rings. The molecule has 0 saturated carbocycles. The molecule has 0 aromatic heterocycles. The normalized spacial score (nSPS) is 15.2. The summed E-state index contributed by atoms with van der Waals surface area (Å²) in [4.78, 5) is 23.7. The number of carbonyl (C=O) groups excluding carboxylic acids is 1. The smallest absolute Gasteiger partial charge is 0.335 e. The van der Waals surface area contributed by atoms with Crippen LogP contribution in [0.25, 0.3) is 6.08 Å². The second-order valence-corrected chi connectivity index (χ2v) is 6.62. The standard InChI is InChI=1S/C19H15BrN2O5/c1-10-14(7-11-8-15(20)17(23)16(9-11)27-2)18(24)22(21-10)13-5-3-12(4-6-13)19(25)26/h3-9,23H,1-2H3,(H,25,26)/b14-7+. The largest absolute Gasteiger partial charge is 0.503 e. The molecule has 138 valence electrons. The third-order valence-corrected chi connectivity index (χ3v) is 4.61. The number of anilines is 1. The van der Waals surface area contributed by atoms with Gasteiger partial charge in [-0.05, 0) is 70.9 Å². The number of aromatic hydroxyl groups is 1. The molecule has 0 radical (unpaired) electrons. The lowest BCUT2D eigenvalue weighted by molar-refractivity contribution is -0.114. The van der Waals surface area contributed by atoms with E-state index in [4.69, 9.17) is 9.84 Å². The Kier molecular flexibility index (Phi) is 5.00. The molecule has 2 aromatic carbocycles. The summed E-state index contributed by atoms with van der Waals surface area (Å²) in [5, 5.41) is 24.4. The van der Waals surface area contributed by atoms with Crippen molar-refractivity contribution in [2.45, 2.75) is 6.92 Å². The molecule has 8 heteroatoms. The number of nitrogens with zero attached hydrogens (tertiary/aromatic N) is 2. The Bertz CT molecular complexity index is 996. The fraction of sp³-hybridized carbons (Fsp3) is 0.105. The number of carbonyl (C=O) groups is 2. The maximum absolute atomic E-state index is 12.8. The first-order chi connectivity index (χ1) is 12.8. The van der Waals surface area contributed by atoms with Gasteiger partial charge in [-0.3, -0.25) is 4.79 Å². The summed E-state index contributed by atoms with van der Waals surface area (Å²) in [6, 6.07) is 9.16. The fourth-order valence-corrected chi connectivity index (χ4v) is 3.06. The minimum Gasteiger partial charge on any atom is -0.503 e. The van der Waals surface area contributed by atoms with Crippen molar-refractivity contribution in [1.29, 1.82) is 0 Å². The Labute approximate surface area is 163 Å². The van der Waals surface area contributed by atoms with E-state index >= 15 is 0 Å². The molecule has 1 aliphatic rings. The van der Waals surface area contributed by atoms with E-state index in [1.807, 2.05) is 0 Å². The van der Waals surface area contributed by atoms with E-state index < -0.39 is 5.97 Å². The number of hydrogen-bond acceptors (Lipinski definition) is 5. The number of aromatic carboxylic acids is 1. The molecule has 7 nitrogen and oxygen atoms in total. The van der Waals surface area contributed by atoms with Gasteiger partial charge < -0.3 is 14.9 Å². The van der Waals surface area contributed by atoms with Crippen molar-refractivity contribution in [3.8, 4) is 11.5 Å². The van der Waals surface area contributed by atoms with Crippen LogP contribution in [0.15, 0.2) is 51.5 Å². The Morgan fingerprint density at radius 2 is 1.93 bits per heavy atom. The quantitative estimate of drug-likeness (QED) is 0.720. The van der Waals surface area contributed by atoms with Gasteiger partial charge in [0.15, 0.2) is 11.5 Å². The molecule has 0 unspecified atom stereocenters. The van der Waals surface area contributed by atoms with Gasteiger partial charge in [0.2, 0.25) is 0 Å². The van der Waals surface area contributed by atoms with Crippen molar-refractivity contribution in [3.05, 3.63) is 57.6 Å². The van der Waals surface area contributed by atoms with Crippen LogP contribution < -0.4 is 9.75 Å². The molecule has 0 atom stereocenters. The Morgan fingerprint density at radius 3 is 2.52 bits per heavy atom. The van der Waals surface area contributed by atoms with Crippen molar-refractivity contribution in [2.75, 3.05) is 12.1 Å². The number of hydrazone groups is 1. The molecule has 3 rings (SSSR count). The van der Waals surface area contributed by atoms with Crippen LogP contribution in [0.4, 0.5) is 5.69 Å². The van der Waals surface area contributed by atoms with Crippen LogP contribution in [0.5, 0.6) is 11.5 Å². The lowest BCUT2D eigenvalue weighted by atomic mass is 10.1. The highest BCUT2D eigenvalue weighted by molar-refractivity contribution is 9.10. The van der Waals surface area contributed by atoms with Gasteiger partial charge in [0.1, 0.15) is 0 Å². The summed E-state index contributed by atoms with van der Waals surface area (Å²) in [6.07, 6.45) is 1.65. The van der Waals surface area contributed by atoms with E-state index in [9.17, 15) is 14.7 Å². The Hall–Kier alpha value is -3.13. The fourth-order valence-electron chi connectivity index (χ4n) is 2.60. The second kappa shape index (κ2) is 7.24. The predicted molar refractivity (Wildman–Crippen MR) is 104 cm³/mol. The van der Waals surface area contributed by atoms with Gasteiger partial charge in [0.05, 0.1) is 34.1 Å². The molecule has 0 fully saturated rings. The summed E-state index contributed by atoms with van der Waals surface area (Å²) in [5.74, 6) is -1.12. The number of amides is 1. The third kappa shape index (κ3) is 3.56. The monoisotopic (exact) mass is 430 g/mol. The molecule has 0 spiro atoms. The number of ether oxygens (including phenoxy) is 1. The highest BCUT2D eigenvalue weighted by Gasteiger charge is 2.29. The summed E-state index contributed by atoms with van der Waals surface area (Å²) < 4.78 is 5.56. The number of carboxylic acid groups (broad SMARTS) is 1. The SMILES string of the molecule is COc1cc(/C=C2/C(=O)N(c3ccc(C(=O)O)cc3)N=C2C)cc(Br)c1O. The second-order valence-electron chi connectivity index (χ2n) is 5.77. The first-order valence-corrected chi connectivity index (χ1v) is 8.62. The number of carboxylic acids is 1.